The maximum absolute atomic E-state index is 10.3. The second-order valence-corrected chi connectivity index (χ2v) is 6.07. The first-order valence-corrected chi connectivity index (χ1v) is 8.01. The van der Waals surface area contributed by atoms with E-state index < -0.39 is 0 Å². The zero-order chi connectivity index (χ0) is 14.2. The van der Waals surface area contributed by atoms with Crippen molar-refractivity contribution in [2.45, 2.75) is 19.4 Å². The van der Waals surface area contributed by atoms with Gasteiger partial charge in [0.1, 0.15) is 0 Å². The number of aryl methyl sites for hydroxylation is 1. The molecule has 0 radical (unpaired) electrons. The summed E-state index contributed by atoms with van der Waals surface area (Å²) in [5.41, 5.74) is 2.13. The van der Waals surface area contributed by atoms with Crippen LogP contribution in [-0.4, -0.2) is 37.8 Å². The topological polar surface area (TPSA) is 53.7 Å². The number of fused-ring (bicyclic) bond motifs is 2. The van der Waals surface area contributed by atoms with Crippen molar-refractivity contribution in [3.8, 4) is 5.88 Å². The summed E-state index contributed by atoms with van der Waals surface area (Å²) in [5, 5.41) is 14.4. The molecule has 0 spiro atoms. The van der Waals surface area contributed by atoms with Crippen LogP contribution in [0.2, 0.25) is 0 Å². The summed E-state index contributed by atoms with van der Waals surface area (Å²) >= 11 is 1.71. The first kappa shape index (κ1) is 12.8. The summed E-state index contributed by atoms with van der Waals surface area (Å²) in [6.07, 6.45) is 5.67. The summed E-state index contributed by atoms with van der Waals surface area (Å²) in [7, 11) is 0. The fraction of sp³-hybridized carbons (Fsp3) is 0.333. The van der Waals surface area contributed by atoms with Crippen LogP contribution in [0.25, 0.3) is 10.9 Å². The lowest BCUT2D eigenvalue weighted by Crippen LogP contribution is -2.30. The van der Waals surface area contributed by atoms with Gasteiger partial charge in [-0.25, -0.2) is 0 Å². The van der Waals surface area contributed by atoms with Gasteiger partial charge in [0.2, 0.25) is 5.88 Å². The van der Waals surface area contributed by atoms with E-state index in [0.29, 0.717) is 5.88 Å². The minimum absolute atomic E-state index is 0.303. The number of pyridine rings is 1. The third kappa shape index (κ3) is 2.19. The molecule has 0 aromatic carbocycles. The number of aliphatic imine (C=N–C) groups is 1. The van der Waals surface area contributed by atoms with Gasteiger partial charge in [-0.3, -0.25) is 9.98 Å². The van der Waals surface area contributed by atoms with Gasteiger partial charge in [-0.15, -0.1) is 0 Å². The number of allylic oxidation sites excluding steroid dienone is 1. The Kier molecular flexibility index (Phi) is 3.11. The minimum atomic E-state index is 0.303. The van der Waals surface area contributed by atoms with E-state index in [0.717, 1.165) is 48.5 Å². The summed E-state index contributed by atoms with van der Waals surface area (Å²) in [6.45, 7) is 2.74. The number of thioether (sulfide) groups is 1. The Bertz CT molecular complexity index is 749. The van der Waals surface area contributed by atoms with E-state index in [9.17, 15) is 5.11 Å². The molecule has 0 bridgehead atoms. The van der Waals surface area contributed by atoms with Gasteiger partial charge in [-0.05, 0) is 24.0 Å². The van der Waals surface area contributed by atoms with E-state index in [1.54, 1.807) is 18.0 Å². The molecule has 108 valence electrons. The molecular formula is C15H16N4OS. The standard InChI is InChI=1S/C15H16N4OS/c20-14-12-3-1-5-16-13(12)9-18(14)8-4-11-10-21-15-17-6-2-7-19(11)15/h1,3,5,9-10,20H,2,4,6-8H2. The Morgan fingerprint density at radius 2 is 2.33 bits per heavy atom. The molecule has 0 fully saturated rings. The molecule has 0 amide bonds. The summed E-state index contributed by atoms with van der Waals surface area (Å²) < 4.78 is 1.88. The van der Waals surface area contributed by atoms with E-state index in [-0.39, 0.29) is 0 Å². The molecule has 4 heterocycles. The van der Waals surface area contributed by atoms with Crippen LogP contribution in [0, 0.1) is 0 Å². The molecule has 0 saturated heterocycles. The van der Waals surface area contributed by atoms with Crippen LogP contribution in [0.3, 0.4) is 0 Å². The number of amidine groups is 1. The van der Waals surface area contributed by atoms with Crippen molar-refractivity contribution in [1.82, 2.24) is 14.5 Å². The molecule has 2 aliphatic heterocycles. The van der Waals surface area contributed by atoms with Crippen LogP contribution < -0.4 is 0 Å². The average Bonchev–Trinajstić information content (AvgIpc) is 3.07. The van der Waals surface area contributed by atoms with E-state index in [1.165, 1.54) is 5.70 Å². The Balaban J connectivity index is 1.52. The average molecular weight is 300 g/mol. The van der Waals surface area contributed by atoms with Gasteiger partial charge in [-0.1, -0.05) is 11.8 Å². The van der Waals surface area contributed by atoms with Crippen molar-refractivity contribution in [2.75, 3.05) is 13.1 Å². The van der Waals surface area contributed by atoms with Crippen LogP contribution in [0.15, 0.2) is 40.6 Å². The molecule has 6 heteroatoms. The van der Waals surface area contributed by atoms with Crippen molar-refractivity contribution in [3.63, 3.8) is 0 Å². The van der Waals surface area contributed by atoms with E-state index in [2.05, 4.69) is 20.3 Å². The first-order chi connectivity index (χ1) is 10.3. The zero-order valence-corrected chi connectivity index (χ0v) is 12.4. The molecule has 4 rings (SSSR count). The van der Waals surface area contributed by atoms with Crippen LogP contribution in [-0.2, 0) is 6.54 Å². The predicted molar refractivity (Wildman–Crippen MR) is 85.3 cm³/mol. The number of hydrogen-bond acceptors (Lipinski definition) is 5. The highest BCUT2D eigenvalue weighted by Crippen LogP contribution is 2.32. The van der Waals surface area contributed by atoms with Crippen LogP contribution in [0.5, 0.6) is 5.88 Å². The van der Waals surface area contributed by atoms with Gasteiger partial charge in [0, 0.05) is 44.1 Å². The van der Waals surface area contributed by atoms with Gasteiger partial charge >= 0.3 is 0 Å². The SMILES string of the molecule is Oc1c2cccnc2cn1CCC1=CSC2=NCCCN12. The highest BCUT2D eigenvalue weighted by atomic mass is 32.2. The second kappa shape index (κ2) is 5.11. The maximum Gasteiger partial charge on any atom is 0.200 e. The van der Waals surface area contributed by atoms with Crippen molar-refractivity contribution in [3.05, 3.63) is 35.6 Å². The van der Waals surface area contributed by atoms with Crippen LogP contribution in [0.1, 0.15) is 12.8 Å². The molecule has 1 N–H and O–H groups in total. The van der Waals surface area contributed by atoms with Gasteiger partial charge in [-0.2, -0.15) is 0 Å². The van der Waals surface area contributed by atoms with E-state index >= 15 is 0 Å². The molecule has 0 atom stereocenters. The smallest absolute Gasteiger partial charge is 0.200 e. The Labute approximate surface area is 127 Å². The van der Waals surface area contributed by atoms with Gasteiger partial charge in [0.25, 0.3) is 0 Å². The van der Waals surface area contributed by atoms with Crippen molar-refractivity contribution in [1.29, 1.82) is 0 Å². The summed E-state index contributed by atoms with van der Waals surface area (Å²) in [4.78, 5) is 11.1. The number of aromatic nitrogens is 2. The maximum atomic E-state index is 10.3. The quantitative estimate of drug-likeness (QED) is 0.947. The Morgan fingerprint density at radius 3 is 3.24 bits per heavy atom. The van der Waals surface area contributed by atoms with Crippen LogP contribution >= 0.6 is 11.8 Å². The van der Waals surface area contributed by atoms with E-state index in [4.69, 9.17) is 0 Å². The molecule has 2 aromatic heterocycles. The second-order valence-electron chi connectivity index (χ2n) is 5.23. The summed E-state index contributed by atoms with van der Waals surface area (Å²) in [5.74, 6) is 0.303. The van der Waals surface area contributed by atoms with E-state index in [1.807, 2.05) is 22.9 Å². The lowest BCUT2D eigenvalue weighted by Gasteiger charge is -2.25. The van der Waals surface area contributed by atoms with Crippen LogP contribution in [0.4, 0.5) is 0 Å². The van der Waals surface area contributed by atoms with Crippen molar-refractivity contribution >= 4 is 27.8 Å². The lowest BCUT2D eigenvalue weighted by atomic mass is 10.2. The van der Waals surface area contributed by atoms with Crippen molar-refractivity contribution in [2.24, 2.45) is 4.99 Å². The lowest BCUT2D eigenvalue weighted by molar-refractivity contribution is 0.410. The first-order valence-electron chi connectivity index (χ1n) is 7.13. The molecule has 0 aliphatic carbocycles. The fourth-order valence-electron chi connectivity index (χ4n) is 2.81. The third-order valence-electron chi connectivity index (χ3n) is 3.90. The van der Waals surface area contributed by atoms with Gasteiger partial charge in [0.15, 0.2) is 5.17 Å². The highest BCUT2D eigenvalue weighted by molar-refractivity contribution is 8.16. The Morgan fingerprint density at radius 1 is 1.38 bits per heavy atom. The third-order valence-corrected chi connectivity index (χ3v) is 4.85. The predicted octanol–water partition coefficient (Wildman–Crippen LogP) is 2.78. The molecule has 5 nitrogen and oxygen atoms in total. The number of hydrogen-bond donors (Lipinski definition) is 1. The molecule has 0 unspecified atom stereocenters. The highest BCUT2D eigenvalue weighted by Gasteiger charge is 2.24. The monoisotopic (exact) mass is 300 g/mol. The molecule has 21 heavy (non-hydrogen) atoms. The normalized spacial score (nSPS) is 17.8. The largest absolute Gasteiger partial charge is 0.494 e. The molecule has 2 aliphatic rings. The number of nitrogens with zero attached hydrogens (tertiary/aromatic N) is 4. The van der Waals surface area contributed by atoms with Gasteiger partial charge in [0.05, 0.1) is 10.9 Å². The molecule has 0 saturated carbocycles. The van der Waals surface area contributed by atoms with Crippen molar-refractivity contribution < 1.29 is 5.11 Å². The fourth-order valence-corrected chi connectivity index (χ4v) is 3.80. The number of aromatic hydroxyl groups is 1. The minimum Gasteiger partial charge on any atom is -0.494 e. The molecular weight excluding hydrogens is 284 g/mol. The summed E-state index contributed by atoms with van der Waals surface area (Å²) in [6, 6.07) is 3.74. The molecule has 2 aromatic rings. The zero-order valence-electron chi connectivity index (χ0n) is 11.6. The Hall–Kier alpha value is -1.95. The number of rotatable bonds is 3. The van der Waals surface area contributed by atoms with Gasteiger partial charge < -0.3 is 14.6 Å².